The van der Waals surface area contributed by atoms with E-state index in [4.69, 9.17) is 9.79 Å². The lowest BCUT2D eigenvalue weighted by atomic mass is 11.3. The molecule has 0 aromatic heterocycles. The molecule has 0 aliphatic carbocycles. The van der Waals surface area contributed by atoms with E-state index in [0.29, 0.717) is 0 Å². The Morgan fingerprint density at radius 2 is 1.50 bits per heavy atom. The third kappa shape index (κ3) is 15.6. The van der Waals surface area contributed by atoms with E-state index in [1.54, 1.807) is 12.5 Å². The van der Waals surface area contributed by atoms with Gasteiger partial charge in [-0.1, -0.05) is 0 Å². The summed E-state index contributed by atoms with van der Waals surface area (Å²) in [6.07, 6.45) is 3.25. The Morgan fingerprint density at radius 3 is 1.50 bits per heavy atom. The maximum atomic E-state index is 9.39. The van der Waals surface area contributed by atoms with Crippen molar-refractivity contribution in [3.63, 3.8) is 0 Å². The molecule has 2 N–H and O–H groups in total. The summed E-state index contributed by atoms with van der Waals surface area (Å²) in [6, 6.07) is 0. The molecule has 0 radical (unpaired) electrons. The Bertz CT molecular complexity index is 147. The second-order valence-corrected chi connectivity index (χ2v) is 2.57. The predicted octanol–water partition coefficient (Wildman–Crippen LogP) is 0.790. The minimum absolute atomic E-state index is 1.62. The molecule has 1 aliphatic rings. The van der Waals surface area contributed by atoms with Crippen molar-refractivity contribution in [2.75, 3.05) is 0 Å². The molecule has 0 amide bonds. The molecule has 0 bridgehead atoms. The molecule has 8 heteroatoms. The zero-order valence-corrected chi connectivity index (χ0v) is 6.37. The fourth-order valence-electron chi connectivity index (χ4n) is 0.0598. The molecule has 2 atom stereocenters. The Labute approximate surface area is 58.0 Å². The zero-order valence-electron chi connectivity index (χ0n) is 4.58. The van der Waals surface area contributed by atoms with Gasteiger partial charge in [0.15, 0.2) is 4.31 Å². The van der Waals surface area contributed by atoms with Gasteiger partial charge in [-0.3, -0.25) is 0 Å². The molecule has 0 aromatic rings. The minimum atomic E-state index is -2.92. The fraction of sp³-hybridized carbons (Fsp3) is 0. The molecule has 1 heterocycles. The molecule has 0 saturated carbocycles. The summed E-state index contributed by atoms with van der Waals surface area (Å²) >= 11 is 0. The smallest absolute Gasteiger partial charge is 0.466 e. The van der Waals surface area contributed by atoms with Gasteiger partial charge < -0.3 is 4.74 Å². The quantitative estimate of drug-likeness (QED) is 0.618. The Morgan fingerprint density at radius 1 is 1.20 bits per heavy atom. The standard InChI is InChI=1S/C2H2O.O5P2/c1-2-3-1;1-6(2)5-7(3)4/h1-2H;/p+2. The van der Waals surface area contributed by atoms with Crippen LogP contribution in [0.4, 0.5) is 0 Å². The Kier molecular flexibility index (Phi) is 5.20. The van der Waals surface area contributed by atoms with Gasteiger partial charge in [-0.2, -0.15) is 0 Å². The van der Waals surface area contributed by atoms with Crippen LogP contribution in [0.1, 0.15) is 0 Å². The molecule has 2 unspecified atom stereocenters. The van der Waals surface area contributed by atoms with Crippen molar-refractivity contribution in [2.45, 2.75) is 0 Å². The highest BCUT2D eigenvalue weighted by Crippen LogP contribution is 2.30. The third-order valence-corrected chi connectivity index (χ3v) is 1.39. The SMILES string of the molecule is C1=CO1.O=[P+](O)O[P+](=O)O. The van der Waals surface area contributed by atoms with E-state index in [9.17, 15) is 9.13 Å². The molecule has 0 spiro atoms. The first-order chi connectivity index (χ1) is 4.63. The van der Waals surface area contributed by atoms with E-state index in [2.05, 4.69) is 9.05 Å². The highest BCUT2D eigenvalue weighted by Gasteiger charge is 2.31. The van der Waals surface area contributed by atoms with E-state index in [-0.39, 0.29) is 0 Å². The molecular formula is C2H4O6P2+2. The van der Waals surface area contributed by atoms with Gasteiger partial charge >= 0.3 is 16.5 Å². The van der Waals surface area contributed by atoms with Crippen molar-refractivity contribution in [1.29, 1.82) is 0 Å². The minimum Gasteiger partial charge on any atom is -0.466 e. The van der Waals surface area contributed by atoms with Gasteiger partial charge in [0.1, 0.15) is 12.5 Å². The van der Waals surface area contributed by atoms with Crippen LogP contribution in [-0.2, 0) is 18.2 Å². The van der Waals surface area contributed by atoms with Crippen LogP contribution in [0, 0.1) is 0 Å². The molecule has 0 fully saturated rings. The van der Waals surface area contributed by atoms with Crippen LogP contribution in [0.5, 0.6) is 0 Å². The van der Waals surface area contributed by atoms with Gasteiger partial charge in [-0.25, -0.2) is 0 Å². The summed E-state index contributed by atoms with van der Waals surface area (Å²) in [6.45, 7) is 0. The van der Waals surface area contributed by atoms with Crippen LogP contribution in [0.25, 0.3) is 0 Å². The van der Waals surface area contributed by atoms with Crippen LogP contribution in [0.15, 0.2) is 12.5 Å². The zero-order chi connectivity index (χ0) is 7.98. The first-order valence-corrected chi connectivity index (χ1v) is 4.20. The van der Waals surface area contributed by atoms with Crippen LogP contribution >= 0.6 is 16.5 Å². The molecule has 6 nitrogen and oxygen atoms in total. The maximum absolute atomic E-state index is 9.39. The largest absolute Gasteiger partial charge is 0.745 e. The summed E-state index contributed by atoms with van der Waals surface area (Å²) in [7, 11) is -5.85. The predicted molar refractivity (Wildman–Crippen MR) is 31.0 cm³/mol. The third-order valence-electron chi connectivity index (χ3n) is 0.276. The van der Waals surface area contributed by atoms with Gasteiger partial charge in [0.2, 0.25) is 0 Å². The van der Waals surface area contributed by atoms with Gasteiger partial charge in [0.25, 0.3) is 0 Å². The summed E-state index contributed by atoms with van der Waals surface area (Å²) in [5, 5.41) is 0. The molecule has 1 aliphatic heterocycles. The molecular weight excluding hydrogens is 182 g/mol. The summed E-state index contributed by atoms with van der Waals surface area (Å²) in [5.41, 5.74) is 0. The molecule has 56 valence electrons. The highest BCUT2D eigenvalue weighted by atomic mass is 31.2. The maximum Gasteiger partial charge on any atom is 0.745 e. The number of rotatable bonds is 2. The van der Waals surface area contributed by atoms with E-state index in [1.807, 2.05) is 0 Å². The highest BCUT2D eigenvalue weighted by molar-refractivity contribution is 7.46. The monoisotopic (exact) mass is 186 g/mol. The normalized spacial score (nSPS) is 14.2. The van der Waals surface area contributed by atoms with Gasteiger partial charge in [0.05, 0.1) is 0 Å². The van der Waals surface area contributed by atoms with Gasteiger partial charge in [0, 0.05) is 9.13 Å². The second kappa shape index (κ2) is 5.41. The van der Waals surface area contributed by atoms with Gasteiger partial charge in [-0.15, -0.1) is 9.79 Å². The van der Waals surface area contributed by atoms with Crippen LogP contribution < -0.4 is 0 Å². The van der Waals surface area contributed by atoms with Crippen LogP contribution in [-0.4, -0.2) is 9.79 Å². The van der Waals surface area contributed by atoms with E-state index < -0.39 is 16.5 Å². The lowest BCUT2D eigenvalue weighted by Gasteiger charge is -1.50. The van der Waals surface area contributed by atoms with Crippen molar-refractivity contribution >= 4 is 16.5 Å². The average molecular weight is 186 g/mol. The Hall–Kier alpha value is -0.380. The average Bonchev–Trinajstić information content (AvgIpc) is 2.38. The van der Waals surface area contributed by atoms with Crippen molar-refractivity contribution in [3.8, 4) is 0 Å². The lowest BCUT2D eigenvalue weighted by molar-refractivity contribution is 0.371. The number of hydrogen-bond donors (Lipinski definition) is 2. The van der Waals surface area contributed by atoms with Crippen molar-refractivity contribution in [3.05, 3.63) is 12.5 Å². The van der Waals surface area contributed by atoms with Gasteiger partial charge in [-0.05, 0) is 0 Å². The first kappa shape index (κ1) is 9.62. The Balaban J connectivity index is 0.000000219. The van der Waals surface area contributed by atoms with Crippen molar-refractivity contribution in [1.82, 2.24) is 0 Å². The van der Waals surface area contributed by atoms with E-state index >= 15 is 0 Å². The van der Waals surface area contributed by atoms with E-state index in [0.717, 1.165) is 0 Å². The summed E-state index contributed by atoms with van der Waals surface area (Å²) < 4.78 is 26.4. The topological polar surface area (TPSA) is 96.4 Å². The van der Waals surface area contributed by atoms with Crippen molar-refractivity contribution in [2.24, 2.45) is 0 Å². The number of ether oxygens (including phenoxy) is 1. The lowest BCUT2D eigenvalue weighted by Crippen LogP contribution is -1.58. The molecule has 0 saturated heterocycles. The van der Waals surface area contributed by atoms with Crippen LogP contribution in [0.3, 0.4) is 0 Å². The van der Waals surface area contributed by atoms with E-state index in [1.165, 1.54) is 0 Å². The summed E-state index contributed by atoms with van der Waals surface area (Å²) in [5.74, 6) is 0. The number of hydrogen-bond acceptors (Lipinski definition) is 4. The molecule has 0 aromatic carbocycles. The molecule has 1 rings (SSSR count). The fourth-order valence-corrected chi connectivity index (χ4v) is 0.538. The second-order valence-electron chi connectivity index (χ2n) is 0.966. The summed E-state index contributed by atoms with van der Waals surface area (Å²) in [4.78, 5) is 15.3. The first-order valence-electron chi connectivity index (χ1n) is 1.94. The van der Waals surface area contributed by atoms with Crippen LogP contribution in [0.2, 0.25) is 0 Å². The molecule has 10 heavy (non-hydrogen) atoms. The van der Waals surface area contributed by atoms with Crippen molar-refractivity contribution < 1.29 is 28.0 Å².